The van der Waals surface area contributed by atoms with Gasteiger partial charge in [0.25, 0.3) is 0 Å². The molecule has 1 rings (SSSR count). The number of benzene rings is 1. The van der Waals surface area contributed by atoms with E-state index in [1.807, 2.05) is 0 Å². The van der Waals surface area contributed by atoms with Crippen molar-refractivity contribution in [3.8, 4) is 0 Å². The third-order valence-electron chi connectivity index (χ3n) is 1.94. The summed E-state index contributed by atoms with van der Waals surface area (Å²) in [5.41, 5.74) is -1.50. The molecule has 0 radical (unpaired) electrons. The van der Waals surface area contributed by atoms with Crippen molar-refractivity contribution in [2.24, 2.45) is 0 Å². The summed E-state index contributed by atoms with van der Waals surface area (Å²) in [6.07, 6.45) is 0. The summed E-state index contributed by atoms with van der Waals surface area (Å²) in [7, 11) is 0. The molecule has 1 aromatic rings. The predicted molar refractivity (Wildman–Crippen MR) is 53.5 cm³/mol. The fraction of sp³-hybridized carbons (Fsp3) is 0.273. The van der Waals surface area contributed by atoms with Gasteiger partial charge in [0, 0.05) is 0 Å². The minimum Gasteiger partial charge on any atom is -0.478 e. The highest BCUT2D eigenvalue weighted by Crippen LogP contribution is 2.13. The lowest BCUT2D eigenvalue weighted by molar-refractivity contribution is -0.155. The first kappa shape index (κ1) is 12.2. The molecule has 1 aromatic carbocycles. The molecule has 0 unspecified atom stereocenters. The van der Waals surface area contributed by atoms with E-state index < -0.39 is 23.4 Å². The van der Waals surface area contributed by atoms with Crippen molar-refractivity contribution in [3.05, 3.63) is 35.6 Å². The zero-order valence-electron chi connectivity index (χ0n) is 8.86. The Balaban J connectivity index is 2.81. The third-order valence-corrected chi connectivity index (χ3v) is 1.94. The first-order chi connectivity index (χ1) is 7.33. The largest absolute Gasteiger partial charge is 0.478 e. The van der Waals surface area contributed by atoms with E-state index in [9.17, 15) is 14.0 Å². The van der Waals surface area contributed by atoms with Crippen LogP contribution in [0.1, 0.15) is 24.2 Å². The van der Waals surface area contributed by atoms with Gasteiger partial charge in [0.05, 0.1) is 5.56 Å². The third kappa shape index (κ3) is 2.79. The number of carbonyl (C=O) groups is 2. The molecule has 0 aliphatic carbocycles. The maximum atomic E-state index is 12.6. The van der Waals surface area contributed by atoms with E-state index in [0.717, 1.165) is 12.1 Å². The monoisotopic (exact) mass is 226 g/mol. The van der Waals surface area contributed by atoms with Gasteiger partial charge in [-0.3, -0.25) is 0 Å². The standard InChI is InChI=1S/C11H11FO4/c1-11(2,10(14)15)16-9(13)7-3-5-8(12)6-4-7/h3-6H,1-2H3,(H,14,15). The number of ether oxygens (including phenoxy) is 1. The normalized spacial score (nSPS) is 10.9. The number of carboxylic acid groups (broad SMARTS) is 1. The van der Waals surface area contributed by atoms with Gasteiger partial charge in [-0.2, -0.15) is 0 Å². The summed E-state index contributed by atoms with van der Waals surface area (Å²) < 4.78 is 17.3. The molecule has 16 heavy (non-hydrogen) atoms. The highest BCUT2D eigenvalue weighted by Gasteiger charge is 2.32. The Morgan fingerprint density at radius 2 is 1.75 bits per heavy atom. The quantitative estimate of drug-likeness (QED) is 0.799. The minimum absolute atomic E-state index is 0.107. The molecule has 0 aliphatic heterocycles. The van der Waals surface area contributed by atoms with Crippen LogP contribution < -0.4 is 0 Å². The van der Waals surface area contributed by atoms with E-state index in [-0.39, 0.29) is 5.56 Å². The van der Waals surface area contributed by atoms with Crippen LogP contribution in [0.15, 0.2) is 24.3 Å². The van der Waals surface area contributed by atoms with Crippen LogP contribution in [0.2, 0.25) is 0 Å². The number of carbonyl (C=O) groups excluding carboxylic acids is 1. The molecule has 0 atom stereocenters. The first-order valence-electron chi connectivity index (χ1n) is 4.55. The van der Waals surface area contributed by atoms with Crippen molar-refractivity contribution in [2.45, 2.75) is 19.4 Å². The van der Waals surface area contributed by atoms with Crippen LogP contribution in [0.25, 0.3) is 0 Å². The summed E-state index contributed by atoms with van der Waals surface area (Å²) in [5.74, 6) is -2.52. The highest BCUT2D eigenvalue weighted by atomic mass is 19.1. The average Bonchev–Trinajstić information content (AvgIpc) is 2.17. The van der Waals surface area contributed by atoms with Gasteiger partial charge in [-0.05, 0) is 38.1 Å². The molecule has 4 nitrogen and oxygen atoms in total. The Bertz CT molecular complexity index is 408. The zero-order valence-corrected chi connectivity index (χ0v) is 8.86. The first-order valence-corrected chi connectivity index (χ1v) is 4.55. The van der Waals surface area contributed by atoms with Crippen LogP contribution in [0.4, 0.5) is 4.39 Å². The molecule has 0 aliphatic rings. The Labute approximate surface area is 91.7 Å². The highest BCUT2D eigenvalue weighted by molar-refractivity contribution is 5.92. The molecule has 0 amide bonds. The SMILES string of the molecule is CC(C)(OC(=O)c1ccc(F)cc1)C(=O)O. The Morgan fingerprint density at radius 3 is 2.19 bits per heavy atom. The molecule has 0 heterocycles. The molecule has 5 heteroatoms. The van der Waals surface area contributed by atoms with Crippen molar-refractivity contribution >= 4 is 11.9 Å². The van der Waals surface area contributed by atoms with Crippen molar-refractivity contribution in [1.82, 2.24) is 0 Å². The second-order valence-electron chi connectivity index (χ2n) is 3.71. The Kier molecular flexibility index (Phi) is 3.27. The lowest BCUT2D eigenvalue weighted by atomic mass is 10.1. The van der Waals surface area contributed by atoms with E-state index >= 15 is 0 Å². The van der Waals surface area contributed by atoms with Gasteiger partial charge in [-0.15, -0.1) is 0 Å². The number of hydrogen-bond acceptors (Lipinski definition) is 3. The summed E-state index contributed by atoms with van der Waals surface area (Å²) in [6, 6.07) is 4.67. The topological polar surface area (TPSA) is 63.6 Å². The van der Waals surface area contributed by atoms with Gasteiger partial charge in [0.15, 0.2) is 0 Å². The molecule has 0 fully saturated rings. The summed E-state index contributed by atoms with van der Waals surface area (Å²) >= 11 is 0. The Morgan fingerprint density at radius 1 is 1.25 bits per heavy atom. The summed E-state index contributed by atoms with van der Waals surface area (Å²) in [4.78, 5) is 22.2. The molecule has 0 saturated heterocycles. The predicted octanol–water partition coefficient (Wildman–Crippen LogP) is 1.85. The van der Waals surface area contributed by atoms with E-state index in [2.05, 4.69) is 0 Å². The van der Waals surface area contributed by atoms with Gasteiger partial charge in [-0.25, -0.2) is 14.0 Å². The number of carboxylic acids is 1. The number of aliphatic carboxylic acids is 1. The Hall–Kier alpha value is -1.91. The van der Waals surface area contributed by atoms with Crippen LogP contribution in [0.3, 0.4) is 0 Å². The summed E-state index contributed by atoms with van der Waals surface area (Å²) in [6.45, 7) is 2.52. The minimum atomic E-state index is -1.61. The molecule has 86 valence electrons. The van der Waals surface area contributed by atoms with Gasteiger partial charge in [-0.1, -0.05) is 0 Å². The molecule has 0 spiro atoms. The lowest BCUT2D eigenvalue weighted by Gasteiger charge is -2.19. The van der Waals surface area contributed by atoms with Crippen LogP contribution in [-0.4, -0.2) is 22.6 Å². The molecule has 1 N–H and O–H groups in total. The smallest absolute Gasteiger partial charge is 0.347 e. The van der Waals surface area contributed by atoms with E-state index in [4.69, 9.17) is 9.84 Å². The maximum absolute atomic E-state index is 12.6. The van der Waals surface area contributed by atoms with Crippen LogP contribution in [-0.2, 0) is 9.53 Å². The van der Waals surface area contributed by atoms with Crippen LogP contribution >= 0.6 is 0 Å². The van der Waals surface area contributed by atoms with E-state index in [0.29, 0.717) is 0 Å². The maximum Gasteiger partial charge on any atom is 0.347 e. The average molecular weight is 226 g/mol. The lowest BCUT2D eigenvalue weighted by Crippen LogP contribution is -2.37. The van der Waals surface area contributed by atoms with Crippen molar-refractivity contribution < 1.29 is 23.8 Å². The molecule has 0 bridgehead atoms. The molecule has 0 saturated carbocycles. The van der Waals surface area contributed by atoms with Crippen molar-refractivity contribution in [2.75, 3.05) is 0 Å². The number of halogens is 1. The van der Waals surface area contributed by atoms with Crippen molar-refractivity contribution in [3.63, 3.8) is 0 Å². The van der Waals surface area contributed by atoms with Gasteiger partial charge < -0.3 is 9.84 Å². The molecular formula is C11H11FO4. The number of esters is 1. The molecule has 0 aromatic heterocycles. The zero-order chi connectivity index (χ0) is 12.3. The second-order valence-corrected chi connectivity index (χ2v) is 3.71. The fourth-order valence-electron chi connectivity index (χ4n) is 0.920. The fourth-order valence-corrected chi connectivity index (χ4v) is 0.920. The second kappa shape index (κ2) is 4.30. The molecular weight excluding hydrogens is 215 g/mol. The van der Waals surface area contributed by atoms with E-state index in [1.54, 1.807) is 0 Å². The van der Waals surface area contributed by atoms with Gasteiger partial charge in [0.1, 0.15) is 5.82 Å². The summed E-state index contributed by atoms with van der Waals surface area (Å²) in [5, 5.41) is 8.74. The van der Waals surface area contributed by atoms with Gasteiger partial charge >= 0.3 is 11.9 Å². The van der Waals surface area contributed by atoms with Crippen molar-refractivity contribution in [1.29, 1.82) is 0 Å². The number of hydrogen-bond donors (Lipinski definition) is 1. The van der Waals surface area contributed by atoms with Crippen LogP contribution in [0.5, 0.6) is 0 Å². The number of rotatable bonds is 3. The van der Waals surface area contributed by atoms with E-state index in [1.165, 1.54) is 26.0 Å². The van der Waals surface area contributed by atoms with Gasteiger partial charge in [0.2, 0.25) is 5.60 Å². The van der Waals surface area contributed by atoms with Crippen LogP contribution in [0, 0.1) is 5.82 Å².